The number of halogens is 3. The summed E-state index contributed by atoms with van der Waals surface area (Å²) in [5, 5.41) is 19.9. The van der Waals surface area contributed by atoms with Crippen LogP contribution in [0, 0.1) is 18.3 Å². The Balaban J connectivity index is 2.09. The van der Waals surface area contributed by atoms with Crippen LogP contribution >= 0.6 is 0 Å². The maximum Gasteiger partial charge on any atom is 0.416 e. The molecule has 3 aromatic rings. The van der Waals surface area contributed by atoms with Gasteiger partial charge in [-0.3, -0.25) is 14.4 Å². The predicted octanol–water partition coefficient (Wildman–Crippen LogP) is 4.14. The molecule has 0 aliphatic heterocycles. The largest absolute Gasteiger partial charge is 0.494 e. The monoisotopic (exact) mass is 401 g/mol. The molecule has 9 heteroatoms. The maximum absolute atomic E-state index is 12.9. The molecule has 1 N–H and O–H groups in total. The number of hydrogen-bond donors (Lipinski definition) is 1. The van der Waals surface area contributed by atoms with Crippen molar-refractivity contribution in [3.05, 3.63) is 81.0 Å². The smallest absolute Gasteiger partial charge is 0.416 e. The van der Waals surface area contributed by atoms with Gasteiger partial charge in [0, 0.05) is 6.21 Å². The van der Waals surface area contributed by atoms with E-state index in [9.17, 15) is 28.3 Å². The van der Waals surface area contributed by atoms with Gasteiger partial charge in [-0.25, -0.2) is 0 Å². The zero-order valence-electron chi connectivity index (χ0n) is 15.1. The zero-order chi connectivity index (χ0) is 21.2. The highest BCUT2D eigenvalue weighted by atomic mass is 19.4. The first kappa shape index (κ1) is 19.9. The minimum atomic E-state index is -4.52. The van der Waals surface area contributed by atoms with Gasteiger partial charge in [0.15, 0.2) is 0 Å². The van der Waals surface area contributed by atoms with Gasteiger partial charge in [0.2, 0.25) is 5.88 Å². The Morgan fingerprint density at radius 3 is 2.69 bits per heavy atom. The van der Waals surface area contributed by atoms with E-state index in [-0.39, 0.29) is 28.9 Å². The molecule has 0 spiro atoms. The fourth-order valence-electron chi connectivity index (χ4n) is 2.73. The van der Waals surface area contributed by atoms with E-state index in [4.69, 9.17) is 4.42 Å². The Labute approximate surface area is 162 Å². The highest BCUT2D eigenvalue weighted by Crippen LogP contribution is 2.31. The van der Waals surface area contributed by atoms with Gasteiger partial charge in [0.25, 0.3) is 5.56 Å². The maximum atomic E-state index is 12.9. The number of nitrogens with zero attached hydrogens (tertiary/aromatic N) is 3. The molecule has 0 radical (unpaired) electrons. The highest BCUT2D eigenvalue weighted by molar-refractivity contribution is 5.87. The Morgan fingerprint density at radius 1 is 1.31 bits per heavy atom. The molecule has 0 saturated heterocycles. The van der Waals surface area contributed by atoms with Crippen molar-refractivity contribution < 1.29 is 22.7 Å². The second-order valence-corrected chi connectivity index (χ2v) is 6.13. The quantitative estimate of drug-likeness (QED) is 0.665. The van der Waals surface area contributed by atoms with E-state index in [1.165, 1.54) is 25.3 Å². The lowest BCUT2D eigenvalue weighted by Crippen LogP contribution is -2.25. The van der Waals surface area contributed by atoms with Gasteiger partial charge in [-0.05, 0) is 42.8 Å². The molecule has 0 amide bonds. The van der Waals surface area contributed by atoms with Crippen molar-refractivity contribution in [3.8, 4) is 11.9 Å². The average Bonchev–Trinajstić information content (AvgIpc) is 3.18. The Morgan fingerprint density at radius 2 is 2.07 bits per heavy atom. The van der Waals surface area contributed by atoms with E-state index >= 15 is 0 Å². The second kappa shape index (κ2) is 7.67. The van der Waals surface area contributed by atoms with Crippen LogP contribution in [0.3, 0.4) is 0 Å². The van der Waals surface area contributed by atoms with Crippen molar-refractivity contribution >= 4 is 11.9 Å². The molecule has 0 fully saturated rings. The summed E-state index contributed by atoms with van der Waals surface area (Å²) in [6, 6.07) is 9.33. The molecule has 29 heavy (non-hydrogen) atoms. The summed E-state index contributed by atoms with van der Waals surface area (Å²) in [5.41, 5.74) is -1.57. The molecule has 6 nitrogen and oxygen atoms in total. The van der Waals surface area contributed by atoms with Crippen molar-refractivity contribution in [2.45, 2.75) is 19.6 Å². The fraction of sp³-hybridized carbons (Fsp3) is 0.150. The Bertz CT molecular complexity index is 1170. The molecular formula is C20H14F3N3O3. The summed E-state index contributed by atoms with van der Waals surface area (Å²) in [6.45, 7) is 1.32. The van der Waals surface area contributed by atoms with Gasteiger partial charge in [-0.1, -0.05) is 6.07 Å². The lowest BCUT2D eigenvalue weighted by Gasteiger charge is -2.13. The second-order valence-electron chi connectivity index (χ2n) is 6.13. The van der Waals surface area contributed by atoms with Crippen molar-refractivity contribution in [2.75, 3.05) is 0 Å². The van der Waals surface area contributed by atoms with Crippen LogP contribution in [0.5, 0.6) is 5.88 Å². The predicted molar refractivity (Wildman–Crippen MR) is 98.3 cm³/mol. The molecule has 3 rings (SSSR count). The van der Waals surface area contributed by atoms with Gasteiger partial charge in [0.05, 0.1) is 29.6 Å². The molecular weight excluding hydrogens is 387 g/mol. The Kier molecular flexibility index (Phi) is 5.28. The lowest BCUT2D eigenvalue weighted by molar-refractivity contribution is -0.137. The average molecular weight is 401 g/mol. The van der Waals surface area contributed by atoms with E-state index in [0.29, 0.717) is 5.76 Å². The van der Waals surface area contributed by atoms with Crippen molar-refractivity contribution in [2.24, 2.45) is 4.99 Å². The number of pyridine rings is 1. The number of furan rings is 1. The molecule has 0 atom stereocenters. The molecule has 2 aromatic heterocycles. The number of hydrogen-bond acceptors (Lipinski definition) is 5. The number of aromatic nitrogens is 1. The van der Waals surface area contributed by atoms with Crippen molar-refractivity contribution in [1.82, 2.24) is 4.57 Å². The van der Waals surface area contributed by atoms with Gasteiger partial charge < -0.3 is 9.52 Å². The standard InChI is InChI=1S/C20H14F3N3O3/c1-12-16(9-24)18(27)26(11-15-6-3-7-29-15)19(28)17(12)10-25-14-5-2-4-13(8-14)20(21,22)23/h2-8,10,28H,11H2,1H3. The summed E-state index contributed by atoms with van der Waals surface area (Å²) in [7, 11) is 0. The molecule has 0 aliphatic rings. The number of nitriles is 1. The van der Waals surface area contributed by atoms with Crippen LogP contribution in [0.4, 0.5) is 18.9 Å². The minimum Gasteiger partial charge on any atom is -0.494 e. The van der Waals surface area contributed by atoms with Gasteiger partial charge in [0.1, 0.15) is 17.4 Å². The molecule has 2 heterocycles. The third-order valence-electron chi connectivity index (χ3n) is 4.26. The number of aromatic hydroxyl groups is 1. The Hall–Kier alpha value is -3.80. The van der Waals surface area contributed by atoms with Gasteiger partial charge >= 0.3 is 6.18 Å². The van der Waals surface area contributed by atoms with Crippen LogP contribution in [0.15, 0.2) is 56.9 Å². The topological polar surface area (TPSA) is 91.5 Å². The minimum absolute atomic E-state index is 0.000849. The zero-order valence-corrected chi connectivity index (χ0v) is 15.1. The fourth-order valence-corrected chi connectivity index (χ4v) is 2.73. The number of alkyl halides is 3. The normalized spacial score (nSPS) is 11.7. The lowest BCUT2D eigenvalue weighted by atomic mass is 10.1. The number of benzene rings is 1. The highest BCUT2D eigenvalue weighted by Gasteiger charge is 2.30. The molecule has 1 aromatic carbocycles. The molecule has 148 valence electrons. The summed E-state index contributed by atoms with van der Waals surface area (Å²) >= 11 is 0. The summed E-state index contributed by atoms with van der Waals surface area (Å²) in [4.78, 5) is 16.5. The van der Waals surface area contributed by atoms with Gasteiger partial charge in [-0.15, -0.1) is 0 Å². The first-order valence-corrected chi connectivity index (χ1v) is 8.32. The van der Waals surface area contributed by atoms with E-state index in [1.54, 1.807) is 18.2 Å². The molecule has 0 saturated carbocycles. The van der Waals surface area contributed by atoms with E-state index < -0.39 is 23.2 Å². The van der Waals surface area contributed by atoms with Crippen LogP contribution in [0.25, 0.3) is 0 Å². The number of aliphatic imine (C=N–C) groups is 1. The molecule has 0 unspecified atom stereocenters. The summed E-state index contributed by atoms with van der Waals surface area (Å²) < 4.78 is 44.7. The molecule has 0 bridgehead atoms. The van der Waals surface area contributed by atoms with Crippen molar-refractivity contribution in [1.29, 1.82) is 5.26 Å². The summed E-state index contributed by atoms with van der Waals surface area (Å²) in [6.07, 6.45) is -2.00. The van der Waals surface area contributed by atoms with Crippen LogP contribution < -0.4 is 5.56 Å². The third-order valence-corrected chi connectivity index (χ3v) is 4.26. The van der Waals surface area contributed by atoms with E-state index in [0.717, 1.165) is 22.9 Å². The third kappa shape index (κ3) is 4.06. The number of rotatable bonds is 4. The first-order valence-electron chi connectivity index (χ1n) is 8.32. The van der Waals surface area contributed by atoms with Crippen LogP contribution in [-0.4, -0.2) is 15.9 Å². The van der Waals surface area contributed by atoms with E-state index in [1.807, 2.05) is 0 Å². The van der Waals surface area contributed by atoms with Gasteiger partial charge in [-0.2, -0.15) is 18.4 Å². The van der Waals surface area contributed by atoms with E-state index in [2.05, 4.69) is 4.99 Å². The first-order chi connectivity index (χ1) is 13.7. The van der Waals surface area contributed by atoms with Crippen molar-refractivity contribution in [3.63, 3.8) is 0 Å². The van der Waals surface area contributed by atoms with Crippen LogP contribution in [0.2, 0.25) is 0 Å². The van der Waals surface area contributed by atoms with Crippen LogP contribution in [-0.2, 0) is 12.7 Å². The van der Waals surface area contributed by atoms with Crippen LogP contribution in [0.1, 0.15) is 28.0 Å². The SMILES string of the molecule is Cc1c(C=Nc2cccc(C(F)(F)F)c2)c(O)n(Cc2ccco2)c(=O)c1C#N. The summed E-state index contributed by atoms with van der Waals surface area (Å²) in [5.74, 6) is -0.102. The molecule has 0 aliphatic carbocycles.